The number of hydrogen-bond acceptors (Lipinski definition) is 3. The summed E-state index contributed by atoms with van der Waals surface area (Å²) in [6.07, 6.45) is 4.95. The molecule has 0 fully saturated rings. The van der Waals surface area contributed by atoms with Gasteiger partial charge in [-0.05, 0) is 30.6 Å². The van der Waals surface area contributed by atoms with Crippen molar-refractivity contribution in [2.75, 3.05) is 11.5 Å². The summed E-state index contributed by atoms with van der Waals surface area (Å²) in [5.41, 5.74) is 7.33. The van der Waals surface area contributed by atoms with E-state index in [0.29, 0.717) is 0 Å². The minimum Gasteiger partial charge on any atom is -0.327 e. The van der Waals surface area contributed by atoms with E-state index in [1.165, 1.54) is 11.3 Å². The van der Waals surface area contributed by atoms with Crippen LogP contribution in [0.25, 0.3) is 0 Å². The Morgan fingerprint density at radius 3 is 2.75 bits per heavy atom. The molecule has 0 amide bonds. The lowest BCUT2D eigenvalue weighted by atomic mass is 10.1. The summed E-state index contributed by atoms with van der Waals surface area (Å²) in [4.78, 5) is 0. The van der Waals surface area contributed by atoms with E-state index in [-0.39, 0.29) is 6.04 Å². The van der Waals surface area contributed by atoms with Crippen molar-refractivity contribution in [1.82, 2.24) is 9.78 Å². The topological polar surface area (TPSA) is 43.8 Å². The molecule has 4 heteroatoms. The molecule has 0 radical (unpaired) electrons. The predicted octanol–water partition coefficient (Wildman–Crippen LogP) is 2.16. The SMILES string of the molecule is CCn1cc(CC(N)CSCC(C)C)cn1. The van der Waals surface area contributed by atoms with E-state index in [1.807, 2.05) is 22.6 Å². The molecule has 0 saturated carbocycles. The van der Waals surface area contributed by atoms with E-state index in [4.69, 9.17) is 5.73 Å². The van der Waals surface area contributed by atoms with Gasteiger partial charge >= 0.3 is 0 Å². The molecule has 0 aliphatic carbocycles. The highest BCUT2D eigenvalue weighted by Gasteiger charge is 2.06. The molecule has 0 aliphatic rings. The van der Waals surface area contributed by atoms with Crippen LogP contribution in [0.2, 0.25) is 0 Å². The van der Waals surface area contributed by atoms with Crippen LogP contribution in [0.15, 0.2) is 12.4 Å². The van der Waals surface area contributed by atoms with Gasteiger partial charge in [0.1, 0.15) is 0 Å². The molecule has 92 valence electrons. The first-order valence-electron chi connectivity index (χ1n) is 5.96. The van der Waals surface area contributed by atoms with E-state index in [1.54, 1.807) is 0 Å². The molecular formula is C12H23N3S. The second-order valence-corrected chi connectivity index (χ2v) is 5.67. The van der Waals surface area contributed by atoms with Crippen molar-refractivity contribution in [1.29, 1.82) is 0 Å². The Morgan fingerprint density at radius 2 is 2.19 bits per heavy atom. The third-order valence-corrected chi connectivity index (χ3v) is 3.86. The molecule has 1 aromatic heterocycles. The summed E-state index contributed by atoms with van der Waals surface area (Å²) in [6.45, 7) is 7.50. The van der Waals surface area contributed by atoms with Gasteiger partial charge in [-0.2, -0.15) is 16.9 Å². The Bertz CT molecular complexity index is 296. The maximum atomic E-state index is 6.08. The quantitative estimate of drug-likeness (QED) is 0.795. The highest BCUT2D eigenvalue weighted by molar-refractivity contribution is 7.99. The van der Waals surface area contributed by atoms with Crippen LogP contribution in [-0.4, -0.2) is 27.3 Å². The molecule has 1 aromatic rings. The van der Waals surface area contributed by atoms with E-state index >= 15 is 0 Å². The second-order valence-electron chi connectivity index (χ2n) is 4.60. The average Bonchev–Trinajstić information content (AvgIpc) is 2.65. The van der Waals surface area contributed by atoms with Crippen LogP contribution in [0.5, 0.6) is 0 Å². The normalized spacial score (nSPS) is 13.3. The lowest BCUT2D eigenvalue weighted by Gasteiger charge is -2.10. The summed E-state index contributed by atoms with van der Waals surface area (Å²) in [7, 11) is 0. The summed E-state index contributed by atoms with van der Waals surface area (Å²) in [5, 5.41) is 4.25. The van der Waals surface area contributed by atoms with Crippen molar-refractivity contribution < 1.29 is 0 Å². The van der Waals surface area contributed by atoms with Gasteiger partial charge in [0.05, 0.1) is 6.20 Å². The Morgan fingerprint density at radius 1 is 1.44 bits per heavy atom. The molecule has 3 nitrogen and oxygen atoms in total. The van der Waals surface area contributed by atoms with Crippen LogP contribution in [0, 0.1) is 5.92 Å². The van der Waals surface area contributed by atoms with Crippen molar-refractivity contribution in [3.63, 3.8) is 0 Å². The van der Waals surface area contributed by atoms with Crippen molar-refractivity contribution in [3.8, 4) is 0 Å². The Balaban J connectivity index is 2.25. The second kappa shape index (κ2) is 6.97. The molecular weight excluding hydrogens is 218 g/mol. The average molecular weight is 241 g/mol. The number of nitrogens with zero attached hydrogens (tertiary/aromatic N) is 2. The lowest BCUT2D eigenvalue weighted by molar-refractivity contribution is 0.658. The van der Waals surface area contributed by atoms with Crippen LogP contribution in [0.4, 0.5) is 0 Å². The van der Waals surface area contributed by atoms with E-state index in [2.05, 4.69) is 32.1 Å². The maximum Gasteiger partial charge on any atom is 0.0522 e. The first kappa shape index (κ1) is 13.6. The van der Waals surface area contributed by atoms with Crippen LogP contribution in [-0.2, 0) is 13.0 Å². The van der Waals surface area contributed by atoms with Gasteiger partial charge in [-0.1, -0.05) is 13.8 Å². The predicted molar refractivity (Wildman–Crippen MR) is 71.7 cm³/mol. The molecule has 2 N–H and O–H groups in total. The molecule has 0 bridgehead atoms. The van der Waals surface area contributed by atoms with Crippen molar-refractivity contribution in [2.45, 2.75) is 39.8 Å². The molecule has 16 heavy (non-hydrogen) atoms. The Labute approximate surface area is 103 Å². The molecule has 1 rings (SSSR count). The van der Waals surface area contributed by atoms with E-state index in [0.717, 1.165) is 24.6 Å². The summed E-state index contributed by atoms with van der Waals surface area (Å²) >= 11 is 1.95. The van der Waals surface area contributed by atoms with Gasteiger partial charge in [-0.15, -0.1) is 0 Å². The smallest absolute Gasteiger partial charge is 0.0522 e. The largest absolute Gasteiger partial charge is 0.327 e. The van der Waals surface area contributed by atoms with Crippen LogP contribution in [0.3, 0.4) is 0 Å². The molecule has 1 unspecified atom stereocenters. The van der Waals surface area contributed by atoms with E-state index < -0.39 is 0 Å². The zero-order valence-electron chi connectivity index (χ0n) is 10.5. The van der Waals surface area contributed by atoms with Gasteiger partial charge in [-0.3, -0.25) is 4.68 Å². The number of rotatable bonds is 7. The fourth-order valence-corrected chi connectivity index (χ4v) is 2.53. The molecule has 0 spiro atoms. The van der Waals surface area contributed by atoms with Gasteiger partial charge in [0, 0.05) is 24.5 Å². The zero-order chi connectivity index (χ0) is 12.0. The maximum absolute atomic E-state index is 6.08. The fourth-order valence-electron chi connectivity index (χ4n) is 1.50. The number of nitrogens with two attached hydrogens (primary N) is 1. The van der Waals surface area contributed by atoms with Crippen molar-refractivity contribution >= 4 is 11.8 Å². The standard InChI is InChI=1S/C12H23N3S/c1-4-15-7-11(6-14-15)5-12(13)9-16-8-10(2)3/h6-7,10,12H,4-5,8-9,13H2,1-3H3. The van der Waals surface area contributed by atoms with Gasteiger partial charge in [0.25, 0.3) is 0 Å². The molecule has 1 atom stereocenters. The first-order valence-corrected chi connectivity index (χ1v) is 7.12. The number of hydrogen-bond donors (Lipinski definition) is 1. The van der Waals surface area contributed by atoms with Gasteiger partial charge < -0.3 is 5.73 Å². The number of thioether (sulfide) groups is 1. The molecule has 1 heterocycles. The van der Waals surface area contributed by atoms with Crippen LogP contribution >= 0.6 is 11.8 Å². The number of aromatic nitrogens is 2. The Kier molecular flexibility index (Phi) is 5.91. The lowest BCUT2D eigenvalue weighted by Crippen LogP contribution is -2.25. The van der Waals surface area contributed by atoms with Gasteiger partial charge in [-0.25, -0.2) is 0 Å². The van der Waals surface area contributed by atoms with Gasteiger partial charge in [0.15, 0.2) is 0 Å². The minimum absolute atomic E-state index is 0.248. The monoisotopic (exact) mass is 241 g/mol. The highest BCUT2D eigenvalue weighted by atomic mass is 32.2. The Hall–Kier alpha value is -0.480. The van der Waals surface area contributed by atoms with Crippen LogP contribution in [0.1, 0.15) is 26.3 Å². The van der Waals surface area contributed by atoms with E-state index in [9.17, 15) is 0 Å². The third-order valence-electron chi connectivity index (χ3n) is 2.29. The summed E-state index contributed by atoms with van der Waals surface area (Å²) in [5.74, 6) is 2.98. The third kappa shape index (κ3) is 5.03. The zero-order valence-corrected chi connectivity index (χ0v) is 11.3. The van der Waals surface area contributed by atoms with Crippen LogP contribution < -0.4 is 5.73 Å². The number of aryl methyl sites for hydroxylation is 1. The summed E-state index contributed by atoms with van der Waals surface area (Å²) in [6, 6.07) is 0.248. The molecule has 0 saturated heterocycles. The molecule has 0 aliphatic heterocycles. The highest BCUT2D eigenvalue weighted by Crippen LogP contribution is 2.10. The fraction of sp³-hybridized carbons (Fsp3) is 0.750. The van der Waals surface area contributed by atoms with Crippen molar-refractivity contribution in [2.24, 2.45) is 11.7 Å². The van der Waals surface area contributed by atoms with Gasteiger partial charge in [0.2, 0.25) is 0 Å². The summed E-state index contributed by atoms with van der Waals surface area (Å²) < 4.78 is 1.95. The van der Waals surface area contributed by atoms with Crippen molar-refractivity contribution in [3.05, 3.63) is 18.0 Å². The molecule has 0 aromatic carbocycles. The minimum atomic E-state index is 0.248. The first-order chi connectivity index (χ1) is 7.61.